The standard InChI is InChI=1S/C13H4F11NOS/c14-10(15,13(22,23)24)7(11(16,17)18)8(12(19,20)21)26-9-25-5-3-1-2-4-6(5)27-9/h1-4H/b8-7-. The van der Waals surface area contributed by atoms with Crippen molar-refractivity contribution in [2.75, 3.05) is 0 Å². The van der Waals surface area contributed by atoms with Gasteiger partial charge in [-0.25, -0.2) is 4.98 Å². The molecule has 0 radical (unpaired) electrons. The van der Waals surface area contributed by atoms with Gasteiger partial charge in [-0.1, -0.05) is 23.5 Å². The number of aromatic nitrogens is 1. The van der Waals surface area contributed by atoms with Crippen molar-refractivity contribution < 1.29 is 53.0 Å². The molecule has 2 aromatic rings. The number of rotatable bonds is 3. The van der Waals surface area contributed by atoms with Crippen molar-refractivity contribution in [1.82, 2.24) is 4.98 Å². The smallest absolute Gasteiger partial charge is 0.425 e. The highest BCUT2D eigenvalue weighted by Gasteiger charge is 2.70. The lowest BCUT2D eigenvalue weighted by Gasteiger charge is -2.26. The van der Waals surface area contributed by atoms with Gasteiger partial charge < -0.3 is 4.74 Å². The zero-order chi connectivity index (χ0) is 20.8. The van der Waals surface area contributed by atoms with E-state index >= 15 is 0 Å². The molecule has 1 aromatic heterocycles. The highest BCUT2D eigenvalue weighted by molar-refractivity contribution is 7.20. The molecule has 0 N–H and O–H groups in total. The lowest BCUT2D eigenvalue weighted by atomic mass is 10.1. The maximum atomic E-state index is 13.3. The van der Waals surface area contributed by atoms with Crippen molar-refractivity contribution in [3.8, 4) is 5.19 Å². The number of hydrogen-bond donors (Lipinski definition) is 0. The summed E-state index contributed by atoms with van der Waals surface area (Å²) in [5, 5.41) is -1.19. The lowest BCUT2D eigenvalue weighted by molar-refractivity contribution is -0.284. The fraction of sp³-hybridized carbons (Fsp3) is 0.308. The van der Waals surface area contributed by atoms with Crippen LogP contribution in [-0.4, -0.2) is 29.4 Å². The average Bonchev–Trinajstić information content (AvgIpc) is 2.85. The van der Waals surface area contributed by atoms with Crippen LogP contribution in [0.4, 0.5) is 48.3 Å². The second-order valence-corrected chi connectivity index (χ2v) is 5.81. The number of allylic oxidation sites excluding steroid dienone is 2. The van der Waals surface area contributed by atoms with Gasteiger partial charge in [-0.05, 0) is 12.1 Å². The first-order chi connectivity index (χ1) is 12.0. The predicted molar refractivity (Wildman–Crippen MR) is 70.4 cm³/mol. The maximum Gasteiger partial charge on any atom is 0.458 e. The molecule has 0 saturated carbocycles. The van der Waals surface area contributed by atoms with Crippen LogP contribution in [0.2, 0.25) is 0 Å². The summed E-state index contributed by atoms with van der Waals surface area (Å²) in [6.07, 6.45) is -20.0. The van der Waals surface area contributed by atoms with Gasteiger partial charge in [0.15, 0.2) is 5.57 Å². The molecule has 0 aliphatic heterocycles. The number of benzene rings is 1. The highest BCUT2D eigenvalue weighted by Crippen LogP contribution is 2.51. The number of ether oxygens (including phenoxy) is 1. The van der Waals surface area contributed by atoms with Crippen molar-refractivity contribution in [2.45, 2.75) is 24.5 Å². The van der Waals surface area contributed by atoms with Gasteiger partial charge in [0.05, 0.1) is 10.2 Å². The Morgan fingerprint density at radius 3 is 1.81 bits per heavy atom. The molecule has 0 aliphatic rings. The zero-order valence-electron chi connectivity index (χ0n) is 12.2. The minimum absolute atomic E-state index is 0.0600. The van der Waals surface area contributed by atoms with Crippen LogP contribution < -0.4 is 4.74 Å². The lowest BCUT2D eigenvalue weighted by Crippen LogP contribution is -2.46. The molecule has 27 heavy (non-hydrogen) atoms. The Morgan fingerprint density at radius 2 is 1.37 bits per heavy atom. The number of hydrogen-bond acceptors (Lipinski definition) is 3. The van der Waals surface area contributed by atoms with E-state index in [4.69, 9.17) is 0 Å². The monoisotopic (exact) mass is 431 g/mol. The van der Waals surface area contributed by atoms with Gasteiger partial charge in [-0.3, -0.25) is 0 Å². The number of thiazole rings is 1. The van der Waals surface area contributed by atoms with E-state index in [0.29, 0.717) is 0 Å². The van der Waals surface area contributed by atoms with Crippen molar-refractivity contribution in [1.29, 1.82) is 0 Å². The highest BCUT2D eigenvalue weighted by atomic mass is 32.1. The number of para-hydroxylation sites is 1. The largest absolute Gasteiger partial charge is 0.458 e. The average molecular weight is 431 g/mol. The van der Waals surface area contributed by atoms with Crippen LogP contribution in [0.15, 0.2) is 35.6 Å². The van der Waals surface area contributed by atoms with Crippen molar-refractivity contribution in [3.63, 3.8) is 0 Å². The molecule has 0 bridgehead atoms. The van der Waals surface area contributed by atoms with E-state index in [2.05, 4.69) is 9.72 Å². The Labute approximate surface area is 145 Å². The van der Waals surface area contributed by atoms with Crippen molar-refractivity contribution in [3.05, 3.63) is 35.6 Å². The number of halogens is 11. The molecule has 0 unspecified atom stereocenters. The normalized spacial score (nSPS) is 15.1. The van der Waals surface area contributed by atoms with E-state index in [1.54, 1.807) is 0 Å². The number of fused-ring (bicyclic) bond motifs is 1. The molecular formula is C13H4F11NOS. The quantitative estimate of drug-likeness (QED) is 0.423. The van der Waals surface area contributed by atoms with E-state index < -0.39 is 41.0 Å². The summed E-state index contributed by atoms with van der Waals surface area (Å²) in [6.45, 7) is 0. The predicted octanol–water partition coefficient (Wildman–Crippen LogP) is 6.25. The molecule has 150 valence electrons. The summed E-state index contributed by atoms with van der Waals surface area (Å²) >= 11 is 0.227. The van der Waals surface area contributed by atoms with Gasteiger partial charge in [0.25, 0.3) is 5.19 Å². The van der Waals surface area contributed by atoms with E-state index in [0.717, 1.165) is 0 Å². The van der Waals surface area contributed by atoms with Crippen LogP contribution in [0.25, 0.3) is 10.2 Å². The summed E-state index contributed by atoms with van der Waals surface area (Å²) < 4.78 is 145. The maximum absolute atomic E-state index is 13.3. The fourth-order valence-electron chi connectivity index (χ4n) is 1.82. The van der Waals surface area contributed by atoms with E-state index in [1.165, 1.54) is 24.3 Å². The van der Waals surface area contributed by atoms with E-state index in [9.17, 15) is 48.3 Å². The van der Waals surface area contributed by atoms with Gasteiger partial charge in [0, 0.05) is 0 Å². The van der Waals surface area contributed by atoms with Crippen molar-refractivity contribution in [2.24, 2.45) is 0 Å². The van der Waals surface area contributed by atoms with Crippen LogP contribution in [0.1, 0.15) is 0 Å². The minimum Gasteiger partial charge on any atom is -0.425 e. The second kappa shape index (κ2) is 6.49. The molecule has 1 heterocycles. The van der Waals surface area contributed by atoms with Gasteiger partial charge in [-0.15, -0.1) is 0 Å². The molecule has 0 spiro atoms. The fourth-order valence-corrected chi connectivity index (χ4v) is 2.65. The van der Waals surface area contributed by atoms with Gasteiger partial charge in [0.2, 0.25) is 5.76 Å². The topological polar surface area (TPSA) is 22.1 Å². The third kappa shape index (κ3) is 4.25. The SMILES string of the molecule is FC(F)(F)/C(Oc1nc2ccccc2s1)=C(/C(F)(F)F)C(F)(F)C(F)(F)F. The van der Waals surface area contributed by atoms with Gasteiger partial charge in [0.1, 0.15) is 0 Å². The van der Waals surface area contributed by atoms with Gasteiger partial charge in [-0.2, -0.15) is 48.3 Å². The van der Waals surface area contributed by atoms with Crippen LogP contribution in [-0.2, 0) is 0 Å². The van der Waals surface area contributed by atoms with Gasteiger partial charge >= 0.3 is 24.5 Å². The Bertz CT molecular complexity index is 826. The molecule has 2 nitrogen and oxygen atoms in total. The molecular weight excluding hydrogens is 427 g/mol. The molecule has 0 saturated heterocycles. The van der Waals surface area contributed by atoms with E-state index in [-0.39, 0.29) is 21.6 Å². The Balaban J connectivity index is 2.72. The third-order valence-corrected chi connectivity index (χ3v) is 3.82. The van der Waals surface area contributed by atoms with Crippen LogP contribution in [0.5, 0.6) is 5.19 Å². The third-order valence-electron chi connectivity index (χ3n) is 2.90. The Morgan fingerprint density at radius 1 is 0.815 bits per heavy atom. The Hall–Kier alpha value is -2.12. The summed E-state index contributed by atoms with van der Waals surface area (Å²) in [6, 6.07) is 5.21. The molecule has 14 heteroatoms. The first kappa shape index (κ1) is 21.2. The minimum atomic E-state index is -6.95. The second-order valence-electron chi connectivity index (χ2n) is 4.82. The zero-order valence-corrected chi connectivity index (χ0v) is 13.0. The summed E-state index contributed by atoms with van der Waals surface area (Å²) in [4.78, 5) is 3.34. The summed E-state index contributed by atoms with van der Waals surface area (Å²) in [5.74, 6) is -10.4. The van der Waals surface area contributed by atoms with Crippen molar-refractivity contribution >= 4 is 21.6 Å². The summed E-state index contributed by atoms with van der Waals surface area (Å²) in [7, 11) is 0. The molecule has 2 rings (SSSR count). The van der Waals surface area contributed by atoms with E-state index in [1.807, 2.05) is 0 Å². The molecule has 0 amide bonds. The summed E-state index contributed by atoms with van der Waals surface area (Å²) in [5.41, 5.74) is -4.27. The number of nitrogens with zero attached hydrogens (tertiary/aromatic N) is 1. The van der Waals surface area contributed by atoms with Crippen LogP contribution >= 0.6 is 11.3 Å². The molecule has 1 aromatic carbocycles. The number of alkyl halides is 11. The molecule has 0 fully saturated rings. The van der Waals surface area contributed by atoms with Crippen LogP contribution in [0, 0.1) is 0 Å². The van der Waals surface area contributed by atoms with Crippen LogP contribution in [0.3, 0.4) is 0 Å². The molecule has 0 aliphatic carbocycles. The molecule has 0 atom stereocenters. The first-order valence-corrected chi connectivity index (χ1v) is 7.24. The first-order valence-electron chi connectivity index (χ1n) is 6.42. The Kier molecular flexibility index (Phi) is 5.09.